The summed E-state index contributed by atoms with van der Waals surface area (Å²) in [4.78, 5) is 30.5. The molecular formula is C24H23F3N4O5S. The number of anilines is 2. The van der Waals surface area contributed by atoms with E-state index >= 15 is 0 Å². The number of nitrogens with zero attached hydrogens (tertiary/aromatic N) is 2. The molecule has 37 heavy (non-hydrogen) atoms. The number of oxazole rings is 1. The summed E-state index contributed by atoms with van der Waals surface area (Å²) in [5.74, 6) is -3.81. The van der Waals surface area contributed by atoms with Gasteiger partial charge in [0.2, 0.25) is 27.6 Å². The van der Waals surface area contributed by atoms with Crippen LogP contribution in [0, 0.1) is 5.92 Å². The monoisotopic (exact) mass is 536 g/mol. The minimum Gasteiger partial charge on any atom is -0.431 e. The molecule has 196 valence electrons. The number of hydrogen-bond donors (Lipinski definition) is 2. The Morgan fingerprint density at radius 1 is 1.03 bits per heavy atom. The molecule has 0 bridgehead atoms. The highest BCUT2D eigenvalue weighted by Gasteiger charge is 2.42. The zero-order valence-electron chi connectivity index (χ0n) is 19.6. The molecule has 1 aliphatic heterocycles. The van der Waals surface area contributed by atoms with Gasteiger partial charge in [-0.3, -0.25) is 14.3 Å². The topological polar surface area (TPSA) is 122 Å². The van der Waals surface area contributed by atoms with E-state index in [2.05, 4.69) is 10.3 Å². The van der Waals surface area contributed by atoms with Crippen LogP contribution in [0.25, 0.3) is 11.5 Å². The maximum Gasteiger partial charge on any atom is 0.452 e. The molecule has 0 unspecified atom stereocenters. The van der Waals surface area contributed by atoms with E-state index in [1.54, 1.807) is 42.5 Å². The molecule has 0 spiro atoms. The van der Waals surface area contributed by atoms with Gasteiger partial charge in [0, 0.05) is 35.9 Å². The Labute approximate surface area is 210 Å². The molecule has 0 aliphatic carbocycles. The molecule has 3 aromatic rings. The highest BCUT2D eigenvalue weighted by molar-refractivity contribution is 7.89. The number of hydrogen-bond acceptors (Lipinski definition) is 7. The van der Waals surface area contributed by atoms with Gasteiger partial charge in [0.05, 0.1) is 6.26 Å². The summed E-state index contributed by atoms with van der Waals surface area (Å²) in [6, 6.07) is 14.4. The van der Waals surface area contributed by atoms with Crippen molar-refractivity contribution in [2.45, 2.75) is 19.0 Å². The molecule has 9 nitrogen and oxygen atoms in total. The summed E-state index contributed by atoms with van der Waals surface area (Å²) in [6.45, 7) is 1.01. The van der Waals surface area contributed by atoms with Gasteiger partial charge in [0.1, 0.15) is 0 Å². The second kappa shape index (κ2) is 10.2. The number of piperidine rings is 1. The maximum absolute atomic E-state index is 13.5. The lowest BCUT2D eigenvalue weighted by molar-refractivity contribution is -0.153. The third-order valence-electron chi connectivity index (χ3n) is 5.76. The van der Waals surface area contributed by atoms with Crippen LogP contribution in [0.5, 0.6) is 0 Å². The molecule has 2 heterocycles. The molecular weight excluding hydrogens is 513 g/mol. The van der Waals surface area contributed by atoms with Crippen molar-refractivity contribution in [1.29, 1.82) is 0 Å². The molecule has 0 radical (unpaired) electrons. The summed E-state index contributed by atoms with van der Waals surface area (Å²) in [7, 11) is -3.62. The smallest absolute Gasteiger partial charge is 0.431 e. The SMILES string of the molecule is CS(=O)(=O)NC(=O)C1CCN(c2ccc(NC(=O)c3nc(-c4ccccc4)oc3C(F)(F)F)cc2)CC1. The minimum atomic E-state index is -4.92. The van der Waals surface area contributed by atoms with Crippen molar-refractivity contribution in [3.05, 3.63) is 66.1 Å². The van der Waals surface area contributed by atoms with Crippen molar-refractivity contribution in [2.24, 2.45) is 5.92 Å². The van der Waals surface area contributed by atoms with E-state index in [-0.39, 0.29) is 11.6 Å². The van der Waals surface area contributed by atoms with Crippen molar-refractivity contribution in [2.75, 3.05) is 29.6 Å². The summed E-state index contributed by atoms with van der Waals surface area (Å²) in [5.41, 5.74) is 0.469. The summed E-state index contributed by atoms with van der Waals surface area (Å²) in [6.07, 6.45) is -3.08. The highest BCUT2D eigenvalue weighted by atomic mass is 32.2. The third kappa shape index (κ3) is 6.47. The molecule has 1 saturated heterocycles. The molecule has 0 saturated carbocycles. The van der Waals surface area contributed by atoms with Crippen molar-refractivity contribution >= 4 is 33.2 Å². The Hall–Kier alpha value is -3.87. The van der Waals surface area contributed by atoms with E-state index in [9.17, 15) is 31.2 Å². The minimum absolute atomic E-state index is 0.258. The van der Waals surface area contributed by atoms with E-state index in [4.69, 9.17) is 4.42 Å². The fourth-order valence-corrected chi connectivity index (χ4v) is 4.51. The first-order chi connectivity index (χ1) is 17.4. The highest BCUT2D eigenvalue weighted by Crippen LogP contribution is 2.35. The van der Waals surface area contributed by atoms with Gasteiger partial charge in [0.25, 0.3) is 5.91 Å². The fourth-order valence-electron chi connectivity index (χ4n) is 3.98. The second-order valence-electron chi connectivity index (χ2n) is 8.56. The van der Waals surface area contributed by atoms with E-state index in [0.717, 1.165) is 11.9 Å². The average Bonchev–Trinajstić information content (AvgIpc) is 3.31. The average molecular weight is 537 g/mol. The molecule has 13 heteroatoms. The van der Waals surface area contributed by atoms with Gasteiger partial charge in [-0.2, -0.15) is 13.2 Å². The van der Waals surface area contributed by atoms with Crippen LogP contribution in [0.3, 0.4) is 0 Å². The predicted molar refractivity (Wildman–Crippen MR) is 129 cm³/mol. The van der Waals surface area contributed by atoms with E-state index in [0.29, 0.717) is 31.5 Å². The van der Waals surface area contributed by atoms with Crippen molar-refractivity contribution in [3.8, 4) is 11.5 Å². The van der Waals surface area contributed by atoms with Crippen LogP contribution >= 0.6 is 0 Å². The standard InChI is InChI=1S/C24H23F3N4O5S/c1-37(34,35)30-21(32)15-11-13-31(14-12-15)18-9-7-17(8-10-18)28-22(33)19-20(24(25,26)27)36-23(29-19)16-5-3-2-4-6-16/h2-10,15H,11-14H2,1H3,(H,28,33)(H,30,32). The largest absolute Gasteiger partial charge is 0.452 e. The van der Waals surface area contributed by atoms with Crippen LogP contribution in [0.4, 0.5) is 24.5 Å². The van der Waals surface area contributed by atoms with E-state index < -0.39 is 45.4 Å². The van der Waals surface area contributed by atoms with Crippen LogP contribution < -0.4 is 14.9 Å². The van der Waals surface area contributed by atoms with Gasteiger partial charge in [-0.1, -0.05) is 18.2 Å². The predicted octanol–water partition coefficient (Wildman–Crippen LogP) is 3.90. The number of carbonyl (C=O) groups excluding carboxylic acids is 2. The van der Waals surface area contributed by atoms with E-state index in [1.165, 1.54) is 12.1 Å². The molecule has 2 N–H and O–H groups in total. The zero-order valence-corrected chi connectivity index (χ0v) is 20.4. The van der Waals surface area contributed by atoms with Crippen molar-refractivity contribution in [1.82, 2.24) is 9.71 Å². The maximum atomic E-state index is 13.5. The number of alkyl halides is 3. The fraction of sp³-hybridized carbons (Fsp3) is 0.292. The van der Waals surface area contributed by atoms with Crippen molar-refractivity contribution < 1.29 is 35.6 Å². The summed E-state index contributed by atoms with van der Waals surface area (Å²) >= 11 is 0. The summed E-state index contributed by atoms with van der Waals surface area (Å²) in [5, 5.41) is 2.42. The van der Waals surface area contributed by atoms with Gasteiger partial charge >= 0.3 is 6.18 Å². The second-order valence-corrected chi connectivity index (χ2v) is 10.3. The first-order valence-electron chi connectivity index (χ1n) is 11.2. The molecule has 1 aromatic heterocycles. The summed E-state index contributed by atoms with van der Waals surface area (Å²) < 4.78 is 70.0. The lowest BCUT2D eigenvalue weighted by Gasteiger charge is -2.33. The van der Waals surface area contributed by atoms with Crippen LogP contribution in [0.15, 0.2) is 59.0 Å². The van der Waals surface area contributed by atoms with Gasteiger partial charge in [0.15, 0.2) is 5.69 Å². The zero-order chi connectivity index (χ0) is 26.8. The first kappa shape index (κ1) is 26.2. The number of rotatable bonds is 6. The van der Waals surface area contributed by atoms with Crippen LogP contribution in [0.1, 0.15) is 29.1 Å². The molecule has 1 fully saturated rings. The Bertz CT molecular complexity index is 1380. The van der Waals surface area contributed by atoms with Crippen molar-refractivity contribution in [3.63, 3.8) is 0 Å². The van der Waals surface area contributed by atoms with Crippen LogP contribution in [-0.2, 0) is 21.0 Å². The molecule has 0 atom stereocenters. The van der Waals surface area contributed by atoms with Gasteiger partial charge in [-0.25, -0.2) is 13.4 Å². The number of halogens is 3. The number of aromatic nitrogens is 1. The number of sulfonamides is 1. The number of amides is 2. The van der Waals surface area contributed by atoms with Crippen LogP contribution in [0.2, 0.25) is 0 Å². The molecule has 1 aliphatic rings. The Morgan fingerprint density at radius 3 is 2.22 bits per heavy atom. The van der Waals surface area contributed by atoms with Gasteiger partial charge in [-0.15, -0.1) is 0 Å². The van der Waals surface area contributed by atoms with Crippen LogP contribution in [-0.4, -0.2) is 44.6 Å². The molecule has 4 rings (SSSR count). The Morgan fingerprint density at radius 2 is 1.65 bits per heavy atom. The number of benzene rings is 2. The Kier molecular flexibility index (Phi) is 7.25. The first-order valence-corrected chi connectivity index (χ1v) is 13.1. The molecule has 2 aromatic carbocycles. The van der Waals surface area contributed by atoms with Gasteiger partial charge in [-0.05, 0) is 49.2 Å². The van der Waals surface area contributed by atoms with Gasteiger partial charge < -0.3 is 14.6 Å². The quantitative estimate of drug-likeness (QED) is 0.490. The molecule has 2 amide bonds. The number of nitrogens with one attached hydrogen (secondary N) is 2. The normalized spacial score (nSPS) is 14.9. The number of carbonyl (C=O) groups is 2. The Balaban J connectivity index is 1.42. The van der Waals surface area contributed by atoms with E-state index in [1.807, 2.05) is 9.62 Å². The lowest BCUT2D eigenvalue weighted by atomic mass is 9.96. The lowest BCUT2D eigenvalue weighted by Crippen LogP contribution is -2.42. The third-order valence-corrected chi connectivity index (χ3v) is 6.33.